The molecule has 1 aromatic heterocycles. The summed E-state index contributed by atoms with van der Waals surface area (Å²) in [6.07, 6.45) is 1.00. The van der Waals surface area contributed by atoms with E-state index in [2.05, 4.69) is 38.6 Å². The average Bonchev–Trinajstić information content (AvgIpc) is 3.07. The molecule has 0 saturated carbocycles. The number of hydrogen-bond donors (Lipinski definition) is 1. The lowest BCUT2D eigenvalue weighted by Gasteiger charge is -2.17. The van der Waals surface area contributed by atoms with Gasteiger partial charge in [-0.2, -0.15) is 0 Å². The molecule has 1 amide bonds. The summed E-state index contributed by atoms with van der Waals surface area (Å²) in [6.45, 7) is 2.88. The summed E-state index contributed by atoms with van der Waals surface area (Å²) < 4.78 is 0. The minimum absolute atomic E-state index is 0.187. The Morgan fingerprint density at radius 1 is 1.00 bits per heavy atom. The molecule has 4 rings (SSSR count). The maximum Gasteiger partial charge on any atom is 0.256 e. The Kier molecular flexibility index (Phi) is 3.90. The summed E-state index contributed by atoms with van der Waals surface area (Å²) in [5.74, 6) is 1.05. The van der Waals surface area contributed by atoms with Gasteiger partial charge in [-0.15, -0.1) is 10.2 Å². The van der Waals surface area contributed by atoms with Gasteiger partial charge in [-0.1, -0.05) is 35.9 Å². The van der Waals surface area contributed by atoms with Crippen molar-refractivity contribution in [2.24, 2.45) is 0 Å². The van der Waals surface area contributed by atoms with Gasteiger partial charge in [0.25, 0.3) is 5.91 Å². The molecular weight excluding hydrogens is 312 g/mol. The molecular formula is C20H18N4O. The van der Waals surface area contributed by atoms with Gasteiger partial charge >= 0.3 is 0 Å². The van der Waals surface area contributed by atoms with Crippen LogP contribution in [-0.2, 0) is 6.42 Å². The molecule has 2 heterocycles. The number of rotatable bonds is 3. The maximum atomic E-state index is 12.2. The highest BCUT2D eigenvalue weighted by molar-refractivity contribution is 6.03. The Labute approximate surface area is 146 Å². The van der Waals surface area contributed by atoms with E-state index in [1.165, 1.54) is 11.3 Å². The van der Waals surface area contributed by atoms with E-state index in [4.69, 9.17) is 0 Å². The fourth-order valence-corrected chi connectivity index (χ4v) is 3.01. The monoisotopic (exact) mass is 330 g/mol. The summed E-state index contributed by atoms with van der Waals surface area (Å²) in [4.78, 5) is 14.4. The van der Waals surface area contributed by atoms with Crippen LogP contribution in [0.15, 0.2) is 60.7 Å². The molecule has 0 bridgehead atoms. The first-order chi connectivity index (χ1) is 12.2. The molecule has 5 nitrogen and oxygen atoms in total. The van der Waals surface area contributed by atoms with Gasteiger partial charge in [-0.25, -0.2) is 0 Å². The molecule has 1 N–H and O–H groups in total. The molecule has 0 radical (unpaired) electrons. The molecule has 0 unspecified atom stereocenters. The smallest absolute Gasteiger partial charge is 0.256 e. The van der Waals surface area contributed by atoms with Gasteiger partial charge in [0.15, 0.2) is 11.6 Å². The van der Waals surface area contributed by atoms with Crippen molar-refractivity contribution in [2.45, 2.75) is 13.3 Å². The molecule has 0 fully saturated rings. The van der Waals surface area contributed by atoms with Crippen molar-refractivity contribution < 1.29 is 4.79 Å². The quantitative estimate of drug-likeness (QED) is 0.795. The highest BCUT2D eigenvalue weighted by atomic mass is 16.1. The highest BCUT2D eigenvalue weighted by Crippen LogP contribution is 2.32. The second-order valence-corrected chi connectivity index (χ2v) is 6.13. The summed E-state index contributed by atoms with van der Waals surface area (Å²) in [5.41, 5.74) is 4.21. The summed E-state index contributed by atoms with van der Waals surface area (Å²) in [7, 11) is 0. The van der Waals surface area contributed by atoms with Crippen molar-refractivity contribution in [3.8, 4) is 0 Å². The van der Waals surface area contributed by atoms with Crippen LogP contribution in [0.1, 0.15) is 21.5 Å². The lowest BCUT2D eigenvalue weighted by Crippen LogP contribution is -2.17. The van der Waals surface area contributed by atoms with Crippen molar-refractivity contribution in [3.63, 3.8) is 0 Å². The van der Waals surface area contributed by atoms with Gasteiger partial charge in [0.2, 0.25) is 0 Å². The Bertz CT molecular complexity index is 904. The number of carbonyl (C=O) groups is 1. The molecule has 0 aliphatic carbocycles. The number of para-hydroxylation sites is 1. The zero-order valence-corrected chi connectivity index (χ0v) is 13.9. The third-order valence-corrected chi connectivity index (χ3v) is 4.37. The molecule has 0 atom stereocenters. The summed E-state index contributed by atoms with van der Waals surface area (Å²) in [6, 6.07) is 19.4. The van der Waals surface area contributed by atoms with Crippen LogP contribution in [0, 0.1) is 6.92 Å². The van der Waals surface area contributed by atoms with E-state index in [9.17, 15) is 4.79 Å². The molecule has 1 aliphatic heterocycles. The zero-order valence-electron chi connectivity index (χ0n) is 13.9. The standard InChI is InChI=1S/C20H18N4O/c1-14-6-8-16(9-7-14)20(25)21-18-10-11-19(23-22-18)24-13-12-15-4-2-3-5-17(15)24/h2-11H,12-13H2,1H3,(H,21,22,25). The van der Waals surface area contributed by atoms with E-state index >= 15 is 0 Å². The number of hydrogen-bond acceptors (Lipinski definition) is 4. The molecule has 25 heavy (non-hydrogen) atoms. The van der Waals surface area contributed by atoms with Crippen LogP contribution < -0.4 is 10.2 Å². The molecule has 124 valence electrons. The van der Waals surface area contributed by atoms with Crippen molar-refractivity contribution >= 4 is 23.2 Å². The fraction of sp³-hybridized carbons (Fsp3) is 0.150. The molecule has 3 aromatic rings. The first-order valence-electron chi connectivity index (χ1n) is 8.28. The van der Waals surface area contributed by atoms with Crippen LogP contribution in [0.5, 0.6) is 0 Å². The van der Waals surface area contributed by atoms with Crippen LogP contribution in [0.2, 0.25) is 0 Å². The Morgan fingerprint density at radius 3 is 2.56 bits per heavy atom. The van der Waals surface area contributed by atoms with E-state index in [-0.39, 0.29) is 5.91 Å². The number of benzene rings is 2. The molecule has 0 spiro atoms. The van der Waals surface area contributed by atoms with Crippen molar-refractivity contribution in [2.75, 3.05) is 16.8 Å². The molecule has 0 saturated heterocycles. The van der Waals surface area contributed by atoms with E-state index in [1.807, 2.05) is 31.2 Å². The predicted molar refractivity (Wildman–Crippen MR) is 98.3 cm³/mol. The van der Waals surface area contributed by atoms with E-state index < -0.39 is 0 Å². The van der Waals surface area contributed by atoms with Gasteiger partial charge in [-0.3, -0.25) is 4.79 Å². The van der Waals surface area contributed by atoms with E-state index in [0.29, 0.717) is 11.4 Å². The van der Waals surface area contributed by atoms with Gasteiger partial charge in [-0.05, 0) is 49.2 Å². The van der Waals surface area contributed by atoms with Crippen LogP contribution in [-0.4, -0.2) is 22.6 Å². The second-order valence-electron chi connectivity index (χ2n) is 6.13. The maximum absolute atomic E-state index is 12.2. The number of aromatic nitrogens is 2. The minimum Gasteiger partial charge on any atom is -0.324 e. The number of fused-ring (bicyclic) bond motifs is 1. The highest BCUT2D eigenvalue weighted by Gasteiger charge is 2.21. The third kappa shape index (κ3) is 3.08. The fourth-order valence-electron chi connectivity index (χ4n) is 3.01. The van der Waals surface area contributed by atoms with Crippen LogP contribution in [0.4, 0.5) is 17.3 Å². The Hall–Kier alpha value is -3.21. The number of carbonyl (C=O) groups excluding carboxylic acids is 1. The first-order valence-corrected chi connectivity index (χ1v) is 8.28. The third-order valence-electron chi connectivity index (χ3n) is 4.37. The largest absolute Gasteiger partial charge is 0.324 e. The van der Waals surface area contributed by atoms with Gasteiger partial charge < -0.3 is 10.2 Å². The average molecular weight is 330 g/mol. The number of anilines is 3. The van der Waals surface area contributed by atoms with E-state index in [0.717, 1.165) is 24.3 Å². The zero-order chi connectivity index (χ0) is 17.2. The van der Waals surface area contributed by atoms with E-state index in [1.54, 1.807) is 18.2 Å². The molecule has 1 aliphatic rings. The number of amides is 1. The van der Waals surface area contributed by atoms with Gasteiger partial charge in [0.1, 0.15) is 0 Å². The lowest BCUT2D eigenvalue weighted by molar-refractivity contribution is 0.102. The second kappa shape index (κ2) is 6.36. The summed E-state index contributed by atoms with van der Waals surface area (Å²) >= 11 is 0. The SMILES string of the molecule is Cc1ccc(C(=O)Nc2ccc(N3CCc4ccccc43)nn2)cc1. The first kappa shape index (κ1) is 15.3. The minimum atomic E-state index is -0.187. The normalized spacial score (nSPS) is 12.8. The predicted octanol–water partition coefficient (Wildman–Crippen LogP) is 3.73. The molecule has 5 heteroatoms. The van der Waals surface area contributed by atoms with Crippen LogP contribution >= 0.6 is 0 Å². The lowest BCUT2D eigenvalue weighted by atomic mass is 10.1. The van der Waals surface area contributed by atoms with Crippen molar-refractivity contribution in [1.82, 2.24) is 10.2 Å². The Balaban J connectivity index is 1.49. The molecule has 2 aromatic carbocycles. The van der Waals surface area contributed by atoms with Gasteiger partial charge in [0.05, 0.1) is 0 Å². The van der Waals surface area contributed by atoms with Crippen molar-refractivity contribution in [3.05, 3.63) is 77.4 Å². The van der Waals surface area contributed by atoms with Crippen LogP contribution in [0.3, 0.4) is 0 Å². The summed E-state index contributed by atoms with van der Waals surface area (Å²) in [5, 5.41) is 11.2. The number of nitrogens with one attached hydrogen (secondary N) is 1. The van der Waals surface area contributed by atoms with Crippen LogP contribution in [0.25, 0.3) is 0 Å². The number of nitrogens with zero attached hydrogens (tertiary/aromatic N) is 3. The van der Waals surface area contributed by atoms with Crippen molar-refractivity contribution in [1.29, 1.82) is 0 Å². The number of aryl methyl sites for hydroxylation is 1. The Morgan fingerprint density at radius 2 is 1.80 bits per heavy atom. The topological polar surface area (TPSA) is 58.1 Å². The van der Waals surface area contributed by atoms with Gasteiger partial charge in [0, 0.05) is 17.8 Å².